The molecule has 0 saturated heterocycles. The van der Waals surface area contributed by atoms with Gasteiger partial charge < -0.3 is 15.5 Å². The number of anilines is 3. The first-order valence-corrected chi connectivity index (χ1v) is 8.21. The quantitative estimate of drug-likeness (QED) is 0.808. The van der Waals surface area contributed by atoms with E-state index >= 15 is 0 Å². The van der Waals surface area contributed by atoms with Crippen LogP contribution in [0.1, 0.15) is 37.0 Å². The molecule has 2 aromatic rings. The third kappa shape index (κ3) is 5.56. The smallest absolute Gasteiger partial charge is 0.256 e. The molecule has 1 heterocycles. The number of aromatic nitrogens is 2. The summed E-state index contributed by atoms with van der Waals surface area (Å²) in [6.07, 6.45) is 5.03. The molecule has 1 aromatic heterocycles. The molecule has 2 amide bonds. The first kappa shape index (κ1) is 18.4. The maximum Gasteiger partial charge on any atom is 0.256 e. The Balaban J connectivity index is 2.03. The Morgan fingerprint density at radius 1 is 1.16 bits per heavy atom. The molecular formula is C18H23N5O2. The molecule has 2 rings (SSSR count). The zero-order valence-electron chi connectivity index (χ0n) is 14.7. The van der Waals surface area contributed by atoms with Gasteiger partial charge in [0.25, 0.3) is 5.91 Å². The molecule has 7 heteroatoms. The average Bonchev–Trinajstić information content (AvgIpc) is 2.59. The second kappa shape index (κ2) is 8.77. The van der Waals surface area contributed by atoms with Gasteiger partial charge in [-0.05, 0) is 24.6 Å². The number of hydrogen-bond acceptors (Lipinski definition) is 5. The summed E-state index contributed by atoms with van der Waals surface area (Å²) >= 11 is 0. The van der Waals surface area contributed by atoms with Gasteiger partial charge in [0, 0.05) is 44.3 Å². The Hall–Kier alpha value is -2.96. The van der Waals surface area contributed by atoms with Gasteiger partial charge in [-0.25, -0.2) is 9.97 Å². The number of unbranched alkanes of at least 4 members (excludes halogenated alkanes) is 1. The fourth-order valence-corrected chi connectivity index (χ4v) is 2.23. The summed E-state index contributed by atoms with van der Waals surface area (Å²) in [5.74, 6) is 0.156. The molecule has 1 aromatic carbocycles. The van der Waals surface area contributed by atoms with Crippen LogP contribution in [0.4, 0.5) is 17.3 Å². The molecule has 0 unspecified atom stereocenters. The third-order valence-electron chi connectivity index (χ3n) is 3.53. The predicted octanol–water partition coefficient (Wildman–Crippen LogP) is 3.05. The lowest BCUT2D eigenvalue weighted by atomic mass is 10.2. The molecule has 0 aliphatic heterocycles. The molecule has 2 N–H and O–H groups in total. The normalized spacial score (nSPS) is 10.2. The molecule has 7 nitrogen and oxygen atoms in total. The van der Waals surface area contributed by atoms with Gasteiger partial charge in [-0.2, -0.15) is 0 Å². The molecule has 0 saturated carbocycles. The van der Waals surface area contributed by atoms with E-state index in [9.17, 15) is 9.59 Å². The Labute approximate surface area is 147 Å². The topological polar surface area (TPSA) is 87.2 Å². The molecule has 0 spiro atoms. The lowest BCUT2D eigenvalue weighted by Crippen LogP contribution is -2.27. The minimum Gasteiger partial charge on any atom is -0.342 e. The van der Waals surface area contributed by atoms with Crippen molar-refractivity contribution in [2.75, 3.05) is 24.2 Å². The number of nitrogens with zero attached hydrogens (tertiary/aromatic N) is 3. The summed E-state index contributed by atoms with van der Waals surface area (Å²) in [5, 5.41) is 5.76. The van der Waals surface area contributed by atoms with E-state index in [-0.39, 0.29) is 11.8 Å². The van der Waals surface area contributed by atoms with Crippen LogP contribution in [0.15, 0.2) is 36.7 Å². The second-order valence-corrected chi connectivity index (χ2v) is 5.76. The first-order valence-electron chi connectivity index (χ1n) is 8.21. The highest BCUT2D eigenvalue weighted by Crippen LogP contribution is 2.18. The number of rotatable bonds is 7. The SMILES string of the molecule is CCCCN(C)C(=O)c1cnc(Nc2cccc(NC(C)=O)c2)nc1. The largest absolute Gasteiger partial charge is 0.342 e. The van der Waals surface area contributed by atoms with Crippen LogP contribution in [0.2, 0.25) is 0 Å². The predicted molar refractivity (Wildman–Crippen MR) is 97.9 cm³/mol. The van der Waals surface area contributed by atoms with Crippen LogP contribution in [-0.4, -0.2) is 40.3 Å². The Morgan fingerprint density at radius 3 is 2.48 bits per heavy atom. The van der Waals surface area contributed by atoms with E-state index in [4.69, 9.17) is 0 Å². The number of hydrogen-bond donors (Lipinski definition) is 2. The molecule has 0 aliphatic carbocycles. The molecule has 0 radical (unpaired) electrons. The van der Waals surface area contributed by atoms with Crippen molar-refractivity contribution in [1.82, 2.24) is 14.9 Å². The van der Waals surface area contributed by atoms with Crippen molar-refractivity contribution >= 4 is 29.1 Å². The standard InChI is InChI=1S/C18H23N5O2/c1-4-5-9-23(3)17(25)14-11-19-18(20-12-14)22-16-8-6-7-15(10-16)21-13(2)24/h6-8,10-12H,4-5,9H2,1-3H3,(H,21,24)(H,19,20,22). The van der Waals surface area contributed by atoms with Crippen LogP contribution in [0.5, 0.6) is 0 Å². The minimum atomic E-state index is -0.136. The van der Waals surface area contributed by atoms with Gasteiger partial charge in [0.15, 0.2) is 0 Å². The molecular weight excluding hydrogens is 318 g/mol. The summed E-state index contributed by atoms with van der Waals surface area (Å²) < 4.78 is 0. The molecule has 25 heavy (non-hydrogen) atoms. The van der Waals surface area contributed by atoms with Gasteiger partial charge in [-0.15, -0.1) is 0 Å². The van der Waals surface area contributed by atoms with E-state index in [1.807, 2.05) is 12.1 Å². The average molecular weight is 341 g/mol. The van der Waals surface area contributed by atoms with Crippen molar-refractivity contribution in [3.05, 3.63) is 42.2 Å². The highest BCUT2D eigenvalue weighted by Gasteiger charge is 2.12. The van der Waals surface area contributed by atoms with E-state index in [0.29, 0.717) is 23.7 Å². The lowest BCUT2D eigenvalue weighted by molar-refractivity contribution is -0.114. The van der Waals surface area contributed by atoms with Crippen molar-refractivity contribution in [1.29, 1.82) is 0 Å². The second-order valence-electron chi connectivity index (χ2n) is 5.76. The van der Waals surface area contributed by atoms with Crippen LogP contribution >= 0.6 is 0 Å². The van der Waals surface area contributed by atoms with Crippen molar-refractivity contribution in [2.45, 2.75) is 26.7 Å². The number of carbonyl (C=O) groups excluding carboxylic acids is 2. The first-order chi connectivity index (χ1) is 12.0. The highest BCUT2D eigenvalue weighted by atomic mass is 16.2. The summed E-state index contributed by atoms with van der Waals surface area (Å²) in [4.78, 5) is 33.4. The fraction of sp³-hybridized carbons (Fsp3) is 0.333. The van der Waals surface area contributed by atoms with E-state index in [1.54, 1.807) is 24.1 Å². The van der Waals surface area contributed by atoms with Gasteiger partial charge in [0.2, 0.25) is 11.9 Å². The Bertz CT molecular complexity index is 731. The van der Waals surface area contributed by atoms with Crippen LogP contribution in [0.3, 0.4) is 0 Å². The molecule has 0 fully saturated rings. The number of benzene rings is 1. The summed E-state index contributed by atoms with van der Waals surface area (Å²) in [6.45, 7) is 4.25. The molecule has 0 atom stereocenters. The molecule has 0 bridgehead atoms. The Morgan fingerprint density at radius 2 is 1.84 bits per heavy atom. The van der Waals surface area contributed by atoms with Crippen molar-refractivity contribution in [2.24, 2.45) is 0 Å². The van der Waals surface area contributed by atoms with Gasteiger partial charge >= 0.3 is 0 Å². The zero-order valence-corrected chi connectivity index (χ0v) is 14.7. The highest BCUT2D eigenvalue weighted by molar-refractivity contribution is 5.93. The van der Waals surface area contributed by atoms with E-state index in [2.05, 4.69) is 27.5 Å². The van der Waals surface area contributed by atoms with Crippen molar-refractivity contribution < 1.29 is 9.59 Å². The minimum absolute atomic E-state index is 0.0901. The third-order valence-corrected chi connectivity index (χ3v) is 3.53. The summed E-state index contributed by atoms with van der Waals surface area (Å²) in [5.41, 5.74) is 1.88. The maximum atomic E-state index is 12.3. The number of nitrogens with one attached hydrogen (secondary N) is 2. The zero-order chi connectivity index (χ0) is 18.2. The number of amides is 2. The van der Waals surface area contributed by atoms with Crippen molar-refractivity contribution in [3.63, 3.8) is 0 Å². The maximum absolute atomic E-state index is 12.3. The Kier molecular flexibility index (Phi) is 6.45. The van der Waals surface area contributed by atoms with Gasteiger partial charge in [0.05, 0.1) is 5.56 Å². The lowest BCUT2D eigenvalue weighted by Gasteiger charge is -2.16. The summed E-state index contributed by atoms with van der Waals surface area (Å²) in [7, 11) is 1.78. The van der Waals surface area contributed by atoms with E-state index < -0.39 is 0 Å². The van der Waals surface area contributed by atoms with Gasteiger partial charge in [-0.1, -0.05) is 19.4 Å². The van der Waals surface area contributed by atoms with Crippen LogP contribution < -0.4 is 10.6 Å². The molecule has 132 valence electrons. The molecule has 0 aliphatic rings. The van der Waals surface area contributed by atoms with E-state index in [0.717, 1.165) is 18.5 Å². The summed E-state index contributed by atoms with van der Waals surface area (Å²) in [6, 6.07) is 7.23. The monoisotopic (exact) mass is 341 g/mol. The van der Waals surface area contributed by atoms with Crippen molar-refractivity contribution in [3.8, 4) is 0 Å². The van der Waals surface area contributed by atoms with Crippen LogP contribution in [-0.2, 0) is 4.79 Å². The fourth-order valence-electron chi connectivity index (χ4n) is 2.23. The van der Waals surface area contributed by atoms with E-state index in [1.165, 1.54) is 19.3 Å². The number of carbonyl (C=O) groups is 2. The van der Waals surface area contributed by atoms with Gasteiger partial charge in [0.1, 0.15) is 0 Å². The van der Waals surface area contributed by atoms with Crippen LogP contribution in [0.25, 0.3) is 0 Å². The van der Waals surface area contributed by atoms with Gasteiger partial charge in [-0.3, -0.25) is 9.59 Å². The van der Waals surface area contributed by atoms with Crippen LogP contribution in [0, 0.1) is 0 Å².